The molecule has 1 N–H and O–H groups in total. The zero-order valence-corrected chi connectivity index (χ0v) is 25.8. The van der Waals surface area contributed by atoms with Crippen LogP contribution in [0.25, 0.3) is 0 Å². The normalized spacial score (nSPS) is 16.7. The van der Waals surface area contributed by atoms with E-state index >= 15 is 0 Å². The van der Waals surface area contributed by atoms with E-state index in [1.54, 1.807) is 66.5 Å². The molecule has 0 saturated carbocycles. The molecule has 0 radical (unpaired) electrons. The minimum Gasteiger partial charge on any atom is -0.493 e. The fraction of sp³-hybridized carbons (Fsp3) is 0.531. The number of nitrogens with one attached hydrogen (secondary N) is 1. The highest BCUT2D eigenvalue weighted by molar-refractivity contribution is 5.95. The molecule has 1 heterocycles. The predicted octanol–water partition coefficient (Wildman–Crippen LogP) is 4.63. The summed E-state index contributed by atoms with van der Waals surface area (Å²) in [5.74, 6) is 0.378. The Morgan fingerprint density at radius 2 is 1.69 bits per heavy atom. The van der Waals surface area contributed by atoms with Crippen molar-refractivity contribution in [3.8, 4) is 11.5 Å². The standard InChI is InChI=1S/C32H45N3O7/c1-22(2)35(30(37)24-14-15-27(40-7)28(18-24)41-17-11-16-39-6)20-25-19-34(31(38)42-32(3,4)5)21-26(25)33-29(36)23-12-9-8-10-13-23/h8-10,12-15,18,22,25-26H,11,16-17,19-21H2,1-7H3,(H,33,36)/t25-,26+/m1/s1. The van der Waals surface area contributed by atoms with Crippen LogP contribution in [0.2, 0.25) is 0 Å². The van der Waals surface area contributed by atoms with Crippen LogP contribution in [-0.2, 0) is 9.47 Å². The first-order chi connectivity index (χ1) is 19.9. The summed E-state index contributed by atoms with van der Waals surface area (Å²) in [4.78, 5) is 43.3. The molecule has 1 aliphatic heterocycles. The lowest BCUT2D eigenvalue weighted by Crippen LogP contribution is -2.47. The average molecular weight is 584 g/mol. The van der Waals surface area contributed by atoms with Crippen LogP contribution in [0.4, 0.5) is 4.79 Å². The highest BCUT2D eigenvalue weighted by Gasteiger charge is 2.40. The van der Waals surface area contributed by atoms with Gasteiger partial charge in [0.1, 0.15) is 5.60 Å². The van der Waals surface area contributed by atoms with Crippen molar-refractivity contribution in [3.05, 3.63) is 59.7 Å². The SMILES string of the molecule is COCCCOc1cc(C(=O)N(C[C@H]2CN(C(=O)OC(C)(C)C)C[C@@H]2NC(=O)c2ccccc2)C(C)C)ccc1OC. The quantitative estimate of drug-likeness (QED) is 0.363. The van der Waals surface area contributed by atoms with E-state index in [4.69, 9.17) is 18.9 Å². The number of carbonyl (C=O) groups is 3. The van der Waals surface area contributed by atoms with Gasteiger partial charge in [-0.15, -0.1) is 0 Å². The zero-order valence-electron chi connectivity index (χ0n) is 25.8. The van der Waals surface area contributed by atoms with Gasteiger partial charge in [0.15, 0.2) is 11.5 Å². The molecule has 2 aromatic carbocycles. The predicted molar refractivity (Wildman–Crippen MR) is 160 cm³/mol. The summed E-state index contributed by atoms with van der Waals surface area (Å²) >= 11 is 0. The summed E-state index contributed by atoms with van der Waals surface area (Å²) in [5, 5.41) is 3.10. The van der Waals surface area contributed by atoms with Crippen molar-refractivity contribution >= 4 is 17.9 Å². The second-order valence-electron chi connectivity index (χ2n) is 11.7. The number of rotatable bonds is 12. The van der Waals surface area contributed by atoms with Gasteiger partial charge in [-0.2, -0.15) is 0 Å². The van der Waals surface area contributed by atoms with Crippen LogP contribution in [0.1, 0.15) is 61.8 Å². The van der Waals surface area contributed by atoms with Gasteiger partial charge in [-0.3, -0.25) is 9.59 Å². The molecule has 1 aliphatic rings. The summed E-state index contributed by atoms with van der Waals surface area (Å²) in [7, 11) is 3.19. The molecule has 2 atom stereocenters. The van der Waals surface area contributed by atoms with Crippen LogP contribution >= 0.6 is 0 Å². The summed E-state index contributed by atoms with van der Waals surface area (Å²) < 4.78 is 22.0. The summed E-state index contributed by atoms with van der Waals surface area (Å²) in [5.41, 5.74) is 0.327. The first-order valence-corrected chi connectivity index (χ1v) is 14.4. The molecule has 42 heavy (non-hydrogen) atoms. The summed E-state index contributed by atoms with van der Waals surface area (Å²) in [6, 6.07) is 13.5. The third-order valence-corrected chi connectivity index (χ3v) is 6.92. The van der Waals surface area contributed by atoms with Gasteiger partial charge in [0.05, 0.1) is 19.8 Å². The fourth-order valence-corrected chi connectivity index (χ4v) is 4.79. The lowest BCUT2D eigenvalue weighted by atomic mass is 10.0. The Morgan fingerprint density at radius 1 is 0.976 bits per heavy atom. The largest absolute Gasteiger partial charge is 0.493 e. The number of ether oxygens (including phenoxy) is 4. The molecule has 230 valence electrons. The Kier molecular flexibility index (Phi) is 11.6. The van der Waals surface area contributed by atoms with Gasteiger partial charge in [0, 0.05) is 62.9 Å². The van der Waals surface area contributed by atoms with Gasteiger partial charge in [-0.25, -0.2) is 4.79 Å². The third-order valence-electron chi connectivity index (χ3n) is 6.92. The molecule has 0 bridgehead atoms. The fourth-order valence-electron chi connectivity index (χ4n) is 4.79. The molecule has 10 nitrogen and oxygen atoms in total. The molecule has 0 aromatic heterocycles. The molecule has 0 aliphatic carbocycles. The Balaban J connectivity index is 1.83. The lowest BCUT2D eigenvalue weighted by molar-refractivity contribution is 0.0282. The molecule has 2 aromatic rings. The average Bonchev–Trinajstić information content (AvgIpc) is 3.35. The maximum absolute atomic E-state index is 13.9. The van der Waals surface area contributed by atoms with E-state index in [1.165, 1.54) is 0 Å². The second kappa shape index (κ2) is 14.9. The van der Waals surface area contributed by atoms with E-state index in [9.17, 15) is 14.4 Å². The van der Waals surface area contributed by atoms with Crippen LogP contribution in [0, 0.1) is 5.92 Å². The van der Waals surface area contributed by atoms with Crippen molar-refractivity contribution in [1.29, 1.82) is 0 Å². The first kappa shape index (κ1) is 32.7. The van der Waals surface area contributed by atoms with Gasteiger partial charge >= 0.3 is 6.09 Å². The number of methoxy groups -OCH3 is 2. The molecular weight excluding hydrogens is 538 g/mol. The Morgan fingerprint density at radius 3 is 2.31 bits per heavy atom. The summed E-state index contributed by atoms with van der Waals surface area (Å²) in [6.07, 6.45) is 0.249. The monoisotopic (exact) mass is 583 g/mol. The number of hydrogen-bond acceptors (Lipinski definition) is 7. The molecule has 0 unspecified atom stereocenters. The van der Waals surface area contributed by atoms with E-state index in [-0.39, 0.29) is 36.4 Å². The minimum absolute atomic E-state index is 0.147. The molecule has 0 spiro atoms. The van der Waals surface area contributed by atoms with E-state index in [0.717, 1.165) is 0 Å². The smallest absolute Gasteiger partial charge is 0.410 e. The third kappa shape index (κ3) is 9.11. The highest BCUT2D eigenvalue weighted by atomic mass is 16.6. The van der Waals surface area contributed by atoms with Crippen molar-refractivity contribution in [2.75, 3.05) is 47.1 Å². The molecule has 10 heteroatoms. The first-order valence-electron chi connectivity index (χ1n) is 14.4. The number of nitrogens with zero attached hydrogens (tertiary/aromatic N) is 2. The van der Waals surface area contributed by atoms with Crippen molar-refractivity contribution < 1.29 is 33.3 Å². The molecule has 1 saturated heterocycles. The van der Waals surface area contributed by atoms with Crippen LogP contribution in [0.5, 0.6) is 11.5 Å². The van der Waals surface area contributed by atoms with E-state index in [1.807, 2.05) is 40.7 Å². The molecule has 1 fully saturated rings. The van der Waals surface area contributed by atoms with Gasteiger partial charge in [0.25, 0.3) is 11.8 Å². The lowest BCUT2D eigenvalue weighted by Gasteiger charge is -2.32. The van der Waals surface area contributed by atoms with Crippen molar-refractivity contribution in [3.63, 3.8) is 0 Å². The van der Waals surface area contributed by atoms with Gasteiger partial charge < -0.3 is 34.1 Å². The van der Waals surface area contributed by atoms with Crippen LogP contribution in [-0.4, -0.2) is 92.5 Å². The molecular formula is C32H45N3O7. The van der Waals surface area contributed by atoms with E-state index in [2.05, 4.69) is 5.32 Å². The van der Waals surface area contributed by atoms with Crippen molar-refractivity contribution in [2.24, 2.45) is 5.92 Å². The summed E-state index contributed by atoms with van der Waals surface area (Å²) in [6.45, 7) is 11.3. The Hall–Kier alpha value is -3.79. The van der Waals surface area contributed by atoms with Gasteiger partial charge in [0.2, 0.25) is 0 Å². The van der Waals surface area contributed by atoms with Crippen LogP contribution in [0.15, 0.2) is 48.5 Å². The zero-order chi connectivity index (χ0) is 30.9. The van der Waals surface area contributed by atoms with Crippen LogP contribution < -0.4 is 14.8 Å². The Labute approximate surface area is 249 Å². The number of likely N-dealkylation sites (tertiary alicyclic amines) is 1. The number of amides is 3. The number of benzene rings is 2. The van der Waals surface area contributed by atoms with E-state index in [0.29, 0.717) is 55.4 Å². The van der Waals surface area contributed by atoms with Crippen LogP contribution in [0.3, 0.4) is 0 Å². The molecule has 3 amide bonds. The minimum atomic E-state index is -0.657. The maximum atomic E-state index is 13.9. The number of carbonyl (C=O) groups excluding carboxylic acids is 3. The highest BCUT2D eigenvalue weighted by Crippen LogP contribution is 2.30. The molecule has 3 rings (SSSR count). The van der Waals surface area contributed by atoms with E-state index < -0.39 is 11.7 Å². The second-order valence-corrected chi connectivity index (χ2v) is 11.7. The van der Waals surface area contributed by atoms with Crippen molar-refractivity contribution in [2.45, 2.75) is 58.7 Å². The maximum Gasteiger partial charge on any atom is 0.410 e. The topological polar surface area (TPSA) is 107 Å². The number of hydrogen-bond donors (Lipinski definition) is 1. The van der Waals surface area contributed by atoms with Gasteiger partial charge in [-0.05, 0) is 65.0 Å². The van der Waals surface area contributed by atoms with Gasteiger partial charge in [-0.1, -0.05) is 18.2 Å². The van der Waals surface area contributed by atoms with Crippen molar-refractivity contribution in [1.82, 2.24) is 15.1 Å². The Bertz CT molecular complexity index is 1200.